The van der Waals surface area contributed by atoms with Crippen LogP contribution in [0.2, 0.25) is 0 Å². The molecule has 1 amide bonds. The van der Waals surface area contributed by atoms with Crippen LogP contribution in [0.4, 0.5) is 0 Å². The number of amides is 1. The number of carbonyl (C=O) groups is 1. The zero-order chi connectivity index (χ0) is 16.8. The average Bonchev–Trinajstić information content (AvgIpc) is 3.04. The monoisotopic (exact) mass is 336 g/mol. The quantitative estimate of drug-likeness (QED) is 0.709. The second-order valence-corrected chi connectivity index (χ2v) is 6.29. The summed E-state index contributed by atoms with van der Waals surface area (Å²) in [5, 5.41) is 8.44. The molecular weight excluding hydrogens is 320 g/mol. The highest BCUT2D eigenvalue weighted by molar-refractivity contribution is 5.83. The number of benzene rings is 1. The van der Waals surface area contributed by atoms with Crippen LogP contribution < -0.4 is 9.47 Å². The van der Waals surface area contributed by atoms with Crippen molar-refractivity contribution in [1.82, 2.24) is 19.5 Å². The highest BCUT2D eigenvalue weighted by Crippen LogP contribution is 2.33. The van der Waals surface area contributed by atoms with Gasteiger partial charge < -0.3 is 14.4 Å². The van der Waals surface area contributed by atoms with Crippen LogP contribution in [0, 0.1) is 0 Å². The highest BCUT2D eigenvalue weighted by Gasteiger charge is 2.39. The van der Waals surface area contributed by atoms with Crippen LogP contribution in [-0.4, -0.2) is 51.2 Å². The van der Waals surface area contributed by atoms with Crippen LogP contribution in [0.5, 0.6) is 11.5 Å². The lowest BCUT2D eigenvalue weighted by atomic mass is 9.98. The van der Waals surface area contributed by atoms with E-state index in [1.54, 1.807) is 4.90 Å². The first-order chi connectivity index (χ1) is 12.3. The second kappa shape index (κ2) is 5.47. The minimum Gasteiger partial charge on any atom is -0.485 e. The maximum Gasteiger partial charge on any atom is 0.267 e. The zero-order valence-electron chi connectivity index (χ0n) is 13.4. The third-order valence-electron chi connectivity index (χ3n) is 4.68. The predicted molar refractivity (Wildman–Crippen MR) is 88.7 cm³/mol. The normalized spacial score (nSPS) is 19.7. The smallest absolute Gasteiger partial charge is 0.267 e. The maximum absolute atomic E-state index is 12.6. The Hall–Kier alpha value is -3.09. The summed E-state index contributed by atoms with van der Waals surface area (Å²) in [7, 11) is 0. The topological polar surface area (TPSA) is 69.0 Å². The van der Waals surface area contributed by atoms with Crippen molar-refractivity contribution in [2.45, 2.75) is 12.0 Å². The Balaban J connectivity index is 1.27. The number of aromatic nitrogens is 3. The van der Waals surface area contributed by atoms with Crippen LogP contribution >= 0.6 is 0 Å². The summed E-state index contributed by atoms with van der Waals surface area (Å²) in [5.41, 5.74) is 0.822. The molecule has 126 valence electrons. The van der Waals surface area contributed by atoms with Crippen molar-refractivity contribution >= 4 is 11.6 Å². The first kappa shape index (κ1) is 14.3. The van der Waals surface area contributed by atoms with Gasteiger partial charge in [0, 0.05) is 19.3 Å². The van der Waals surface area contributed by atoms with E-state index in [-0.39, 0.29) is 18.4 Å². The molecule has 3 aromatic rings. The van der Waals surface area contributed by atoms with Crippen molar-refractivity contribution in [2.24, 2.45) is 0 Å². The molecule has 2 aliphatic heterocycles. The van der Waals surface area contributed by atoms with E-state index in [4.69, 9.17) is 9.47 Å². The summed E-state index contributed by atoms with van der Waals surface area (Å²) >= 11 is 0. The number of fused-ring (bicyclic) bond motifs is 2. The molecule has 2 aliphatic rings. The Kier molecular flexibility index (Phi) is 3.12. The number of nitrogens with zero attached hydrogens (tertiary/aromatic N) is 4. The fourth-order valence-electron chi connectivity index (χ4n) is 3.30. The fourth-order valence-corrected chi connectivity index (χ4v) is 3.30. The Morgan fingerprint density at radius 2 is 1.84 bits per heavy atom. The molecular formula is C18H16N4O3. The molecule has 0 aliphatic carbocycles. The van der Waals surface area contributed by atoms with Crippen molar-refractivity contribution in [3.8, 4) is 11.5 Å². The van der Waals surface area contributed by atoms with Crippen molar-refractivity contribution in [2.75, 3.05) is 19.7 Å². The van der Waals surface area contributed by atoms with Gasteiger partial charge in [0.05, 0.1) is 5.92 Å². The minimum absolute atomic E-state index is 0.0421. The zero-order valence-corrected chi connectivity index (χ0v) is 13.4. The lowest BCUT2D eigenvalue weighted by molar-refractivity contribution is -0.145. The van der Waals surface area contributed by atoms with Crippen molar-refractivity contribution in [3.63, 3.8) is 0 Å². The molecule has 25 heavy (non-hydrogen) atoms. The number of likely N-dealkylation sites (tertiary alicyclic amines) is 1. The van der Waals surface area contributed by atoms with Crippen molar-refractivity contribution in [3.05, 3.63) is 54.5 Å². The first-order valence-corrected chi connectivity index (χ1v) is 8.26. The van der Waals surface area contributed by atoms with Gasteiger partial charge in [-0.2, -0.15) is 0 Å². The number of para-hydroxylation sites is 2. The molecule has 4 heterocycles. The SMILES string of the molecule is O=C(C1COc2ccccc2O1)N1CC(c2nnc3ccccn23)C1. The third-order valence-corrected chi connectivity index (χ3v) is 4.68. The summed E-state index contributed by atoms with van der Waals surface area (Å²) in [4.78, 5) is 14.4. The molecule has 1 fully saturated rings. The van der Waals surface area contributed by atoms with E-state index in [0.29, 0.717) is 24.6 Å². The van der Waals surface area contributed by atoms with Gasteiger partial charge in [0.15, 0.2) is 17.1 Å². The second-order valence-electron chi connectivity index (χ2n) is 6.29. The van der Waals surface area contributed by atoms with Crippen LogP contribution in [0.25, 0.3) is 5.65 Å². The minimum atomic E-state index is -0.592. The van der Waals surface area contributed by atoms with Gasteiger partial charge in [0.25, 0.3) is 5.91 Å². The molecule has 7 heteroatoms. The standard InChI is InChI=1S/C18H16N4O3/c23-18(15-11-24-13-5-1-2-6-14(13)25-15)21-9-12(10-21)17-20-19-16-7-3-4-8-22(16)17/h1-8,12,15H,9-11H2. The van der Waals surface area contributed by atoms with E-state index in [2.05, 4.69) is 10.2 Å². The molecule has 0 radical (unpaired) electrons. The number of pyridine rings is 1. The maximum atomic E-state index is 12.6. The largest absolute Gasteiger partial charge is 0.485 e. The summed E-state index contributed by atoms with van der Waals surface area (Å²) in [6.45, 7) is 1.48. The number of hydrogen-bond acceptors (Lipinski definition) is 5. The molecule has 0 N–H and O–H groups in total. The van der Waals surface area contributed by atoms with Crippen LogP contribution in [-0.2, 0) is 4.79 Å². The molecule has 0 saturated carbocycles. The summed E-state index contributed by atoms with van der Waals surface area (Å²) in [6, 6.07) is 13.2. The van der Waals surface area contributed by atoms with Crippen molar-refractivity contribution in [1.29, 1.82) is 0 Å². The van der Waals surface area contributed by atoms with Gasteiger partial charge in [0.2, 0.25) is 6.10 Å². The fraction of sp³-hybridized carbons (Fsp3) is 0.278. The van der Waals surface area contributed by atoms with Gasteiger partial charge in [-0.1, -0.05) is 18.2 Å². The van der Waals surface area contributed by atoms with E-state index in [9.17, 15) is 4.79 Å². The molecule has 0 bridgehead atoms. The Morgan fingerprint density at radius 3 is 2.72 bits per heavy atom. The van der Waals surface area contributed by atoms with Gasteiger partial charge in [-0.3, -0.25) is 9.20 Å². The number of ether oxygens (including phenoxy) is 2. The van der Waals surface area contributed by atoms with E-state index >= 15 is 0 Å². The van der Waals surface area contributed by atoms with E-state index in [1.807, 2.05) is 53.1 Å². The average molecular weight is 336 g/mol. The molecule has 1 aromatic carbocycles. The summed E-state index contributed by atoms with van der Waals surface area (Å²) in [6.07, 6.45) is 1.36. The Bertz CT molecular complexity index is 948. The summed E-state index contributed by atoms with van der Waals surface area (Å²) < 4.78 is 13.4. The predicted octanol–water partition coefficient (Wildman–Crippen LogP) is 1.50. The molecule has 2 aromatic heterocycles. The first-order valence-electron chi connectivity index (χ1n) is 8.26. The molecule has 5 rings (SSSR count). The molecule has 0 spiro atoms. The van der Waals surface area contributed by atoms with Crippen LogP contribution in [0.1, 0.15) is 11.7 Å². The number of carbonyl (C=O) groups excluding carboxylic acids is 1. The molecule has 1 atom stereocenters. The van der Waals surface area contributed by atoms with Gasteiger partial charge in [-0.25, -0.2) is 0 Å². The van der Waals surface area contributed by atoms with Crippen molar-refractivity contribution < 1.29 is 14.3 Å². The van der Waals surface area contributed by atoms with Gasteiger partial charge in [-0.15, -0.1) is 10.2 Å². The van der Waals surface area contributed by atoms with Gasteiger partial charge in [0.1, 0.15) is 12.4 Å². The van der Waals surface area contributed by atoms with Crippen LogP contribution in [0.3, 0.4) is 0 Å². The lowest BCUT2D eigenvalue weighted by Crippen LogP contribution is -2.55. The number of rotatable bonds is 2. The summed E-state index contributed by atoms with van der Waals surface area (Å²) in [5.74, 6) is 2.35. The Labute approximate surface area is 143 Å². The number of hydrogen-bond donors (Lipinski definition) is 0. The van der Waals surface area contributed by atoms with E-state index in [1.165, 1.54) is 0 Å². The van der Waals surface area contributed by atoms with Gasteiger partial charge in [-0.05, 0) is 24.3 Å². The Morgan fingerprint density at radius 1 is 1.04 bits per heavy atom. The highest BCUT2D eigenvalue weighted by atomic mass is 16.6. The molecule has 7 nitrogen and oxygen atoms in total. The molecule has 1 saturated heterocycles. The van der Waals surface area contributed by atoms with Crippen LogP contribution in [0.15, 0.2) is 48.7 Å². The van der Waals surface area contributed by atoms with E-state index < -0.39 is 6.10 Å². The lowest BCUT2D eigenvalue weighted by Gasteiger charge is -2.40. The van der Waals surface area contributed by atoms with Gasteiger partial charge >= 0.3 is 0 Å². The van der Waals surface area contributed by atoms with E-state index in [0.717, 1.165) is 11.5 Å². The molecule has 1 unspecified atom stereocenters. The third kappa shape index (κ3) is 2.31.